The van der Waals surface area contributed by atoms with E-state index in [1.807, 2.05) is 0 Å². The van der Waals surface area contributed by atoms with Crippen LogP contribution in [0, 0.1) is 5.92 Å². The van der Waals surface area contributed by atoms with Gasteiger partial charge in [0, 0.05) is 44.6 Å². The number of carbonyl (C=O) groups is 1. The summed E-state index contributed by atoms with van der Waals surface area (Å²) in [6.07, 6.45) is 2.86. The quantitative estimate of drug-likeness (QED) is 0.748. The zero-order valence-corrected chi connectivity index (χ0v) is 11.5. The Bertz CT molecular complexity index is 277. The van der Waals surface area contributed by atoms with Crippen molar-refractivity contribution in [2.24, 2.45) is 5.92 Å². The van der Waals surface area contributed by atoms with Crippen LogP contribution in [0.25, 0.3) is 0 Å². The maximum atomic E-state index is 11.4. The van der Waals surface area contributed by atoms with Crippen LogP contribution in [0.15, 0.2) is 0 Å². The number of ketones is 1. The molecule has 0 amide bonds. The van der Waals surface area contributed by atoms with Crippen molar-refractivity contribution in [3.8, 4) is 0 Å². The molecule has 0 aromatic rings. The molecular formula is C14H26N2O. The molecule has 0 bridgehead atoms. The van der Waals surface area contributed by atoms with Crippen molar-refractivity contribution in [1.82, 2.24) is 9.80 Å². The summed E-state index contributed by atoms with van der Waals surface area (Å²) in [6, 6.07) is 1.14. The van der Waals surface area contributed by atoms with Gasteiger partial charge in [0.15, 0.2) is 0 Å². The second-order valence-corrected chi connectivity index (χ2v) is 6.08. The summed E-state index contributed by atoms with van der Waals surface area (Å²) in [5.41, 5.74) is 0. The first kappa shape index (κ1) is 13.0. The van der Waals surface area contributed by atoms with Gasteiger partial charge in [0.2, 0.25) is 0 Å². The lowest BCUT2D eigenvalue weighted by atomic mass is 9.99. The highest BCUT2D eigenvalue weighted by molar-refractivity contribution is 5.79. The Balaban J connectivity index is 1.80. The van der Waals surface area contributed by atoms with Crippen molar-refractivity contribution >= 4 is 5.78 Å². The summed E-state index contributed by atoms with van der Waals surface area (Å²) < 4.78 is 0. The van der Waals surface area contributed by atoms with Crippen LogP contribution in [0.2, 0.25) is 0 Å². The zero-order valence-electron chi connectivity index (χ0n) is 11.5. The number of likely N-dealkylation sites (tertiary alicyclic amines) is 2. The van der Waals surface area contributed by atoms with E-state index in [0.717, 1.165) is 25.3 Å². The predicted octanol–water partition coefficient (Wildman–Crippen LogP) is 1.77. The molecule has 2 aliphatic rings. The molecule has 98 valence electrons. The molecule has 0 aliphatic carbocycles. The van der Waals surface area contributed by atoms with E-state index in [1.54, 1.807) is 0 Å². The lowest BCUT2D eigenvalue weighted by Gasteiger charge is -2.34. The van der Waals surface area contributed by atoms with Crippen LogP contribution >= 0.6 is 0 Å². The Morgan fingerprint density at radius 1 is 1.35 bits per heavy atom. The fraction of sp³-hybridized carbons (Fsp3) is 0.929. The standard InChI is InChI=1S/C14H26N2O/c1-11(2)15-6-4-13(9-15)10-16-7-5-14(17)8-12(16)3/h11-13H,4-10H2,1-3H3. The van der Waals surface area contributed by atoms with Crippen molar-refractivity contribution in [3.05, 3.63) is 0 Å². The Morgan fingerprint density at radius 3 is 2.71 bits per heavy atom. The third-order valence-electron chi connectivity index (χ3n) is 4.36. The lowest BCUT2D eigenvalue weighted by molar-refractivity contribution is -0.123. The minimum Gasteiger partial charge on any atom is -0.301 e. The van der Waals surface area contributed by atoms with Gasteiger partial charge in [-0.3, -0.25) is 9.69 Å². The average Bonchev–Trinajstić information content (AvgIpc) is 2.71. The predicted molar refractivity (Wildman–Crippen MR) is 70.1 cm³/mol. The molecule has 2 unspecified atom stereocenters. The number of hydrogen-bond acceptors (Lipinski definition) is 3. The molecule has 0 spiro atoms. The van der Waals surface area contributed by atoms with Gasteiger partial charge in [0.1, 0.15) is 5.78 Å². The number of carbonyl (C=O) groups excluding carboxylic acids is 1. The Hall–Kier alpha value is -0.410. The third-order valence-corrected chi connectivity index (χ3v) is 4.36. The fourth-order valence-corrected chi connectivity index (χ4v) is 3.13. The molecule has 2 fully saturated rings. The van der Waals surface area contributed by atoms with Gasteiger partial charge in [-0.15, -0.1) is 0 Å². The van der Waals surface area contributed by atoms with Gasteiger partial charge in [-0.25, -0.2) is 0 Å². The summed E-state index contributed by atoms with van der Waals surface area (Å²) in [6.45, 7) is 11.4. The number of rotatable bonds is 3. The third kappa shape index (κ3) is 3.29. The van der Waals surface area contributed by atoms with E-state index in [-0.39, 0.29) is 0 Å². The van der Waals surface area contributed by atoms with Crippen LogP contribution in [-0.4, -0.2) is 53.8 Å². The largest absolute Gasteiger partial charge is 0.301 e. The Morgan fingerprint density at radius 2 is 2.12 bits per heavy atom. The maximum absolute atomic E-state index is 11.4. The van der Waals surface area contributed by atoms with Crippen molar-refractivity contribution in [1.29, 1.82) is 0 Å². The van der Waals surface area contributed by atoms with E-state index >= 15 is 0 Å². The van der Waals surface area contributed by atoms with Crippen LogP contribution < -0.4 is 0 Å². The van der Waals surface area contributed by atoms with E-state index in [0.29, 0.717) is 17.9 Å². The fourth-order valence-electron chi connectivity index (χ4n) is 3.13. The molecule has 2 heterocycles. The summed E-state index contributed by atoms with van der Waals surface area (Å²) in [5, 5.41) is 0. The molecule has 2 aliphatic heterocycles. The SMILES string of the molecule is CC(C)N1CCC(CN2CCC(=O)CC2C)C1. The molecular weight excluding hydrogens is 212 g/mol. The van der Waals surface area contributed by atoms with Gasteiger partial charge in [-0.2, -0.15) is 0 Å². The molecule has 2 saturated heterocycles. The van der Waals surface area contributed by atoms with Crippen molar-refractivity contribution in [3.63, 3.8) is 0 Å². The van der Waals surface area contributed by atoms with Crippen LogP contribution in [0.3, 0.4) is 0 Å². The van der Waals surface area contributed by atoms with E-state index in [9.17, 15) is 4.79 Å². The summed E-state index contributed by atoms with van der Waals surface area (Å²) in [5.74, 6) is 1.26. The van der Waals surface area contributed by atoms with E-state index in [2.05, 4.69) is 30.6 Å². The summed E-state index contributed by atoms with van der Waals surface area (Å²) in [7, 11) is 0. The number of hydrogen-bond donors (Lipinski definition) is 0. The second kappa shape index (κ2) is 5.49. The van der Waals surface area contributed by atoms with Crippen LogP contribution in [0.1, 0.15) is 40.0 Å². The van der Waals surface area contributed by atoms with Gasteiger partial charge in [-0.05, 0) is 39.7 Å². The number of nitrogens with zero attached hydrogens (tertiary/aromatic N) is 2. The highest BCUT2D eigenvalue weighted by atomic mass is 16.1. The molecule has 0 radical (unpaired) electrons. The van der Waals surface area contributed by atoms with Crippen LogP contribution in [-0.2, 0) is 4.79 Å². The topological polar surface area (TPSA) is 23.6 Å². The van der Waals surface area contributed by atoms with Gasteiger partial charge in [0.25, 0.3) is 0 Å². The van der Waals surface area contributed by atoms with Gasteiger partial charge in [0.05, 0.1) is 0 Å². The molecule has 2 atom stereocenters. The van der Waals surface area contributed by atoms with Crippen molar-refractivity contribution in [2.45, 2.75) is 52.1 Å². The monoisotopic (exact) mass is 238 g/mol. The summed E-state index contributed by atoms with van der Waals surface area (Å²) in [4.78, 5) is 16.5. The smallest absolute Gasteiger partial charge is 0.135 e. The first-order chi connectivity index (χ1) is 8.06. The molecule has 3 heteroatoms. The normalized spacial score (nSPS) is 32.6. The first-order valence-corrected chi connectivity index (χ1v) is 7.06. The molecule has 0 saturated carbocycles. The summed E-state index contributed by atoms with van der Waals surface area (Å²) >= 11 is 0. The van der Waals surface area contributed by atoms with Gasteiger partial charge < -0.3 is 4.90 Å². The second-order valence-electron chi connectivity index (χ2n) is 6.08. The lowest BCUT2D eigenvalue weighted by Crippen LogP contribution is -2.44. The first-order valence-electron chi connectivity index (χ1n) is 7.06. The Labute approximate surface area is 105 Å². The average molecular weight is 238 g/mol. The molecule has 0 aromatic carbocycles. The van der Waals surface area contributed by atoms with Crippen molar-refractivity contribution < 1.29 is 4.79 Å². The minimum absolute atomic E-state index is 0.448. The van der Waals surface area contributed by atoms with Crippen LogP contribution in [0.5, 0.6) is 0 Å². The molecule has 0 aromatic heterocycles. The van der Waals surface area contributed by atoms with E-state index < -0.39 is 0 Å². The van der Waals surface area contributed by atoms with Gasteiger partial charge in [-0.1, -0.05) is 0 Å². The molecule has 17 heavy (non-hydrogen) atoms. The number of piperidine rings is 1. The minimum atomic E-state index is 0.448. The Kier molecular flexibility index (Phi) is 4.21. The molecule has 0 N–H and O–H groups in total. The highest BCUT2D eigenvalue weighted by Gasteiger charge is 2.29. The van der Waals surface area contributed by atoms with Crippen molar-refractivity contribution in [2.75, 3.05) is 26.2 Å². The zero-order chi connectivity index (χ0) is 12.4. The number of Topliss-reactive ketones (excluding diaryl/α,β-unsaturated/α-hetero) is 1. The molecule has 3 nitrogen and oxygen atoms in total. The molecule has 2 rings (SSSR count). The van der Waals surface area contributed by atoms with E-state index in [4.69, 9.17) is 0 Å². The van der Waals surface area contributed by atoms with Gasteiger partial charge >= 0.3 is 0 Å². The van der Waals surface area contributed by atoms with Crippen LogP contribution in [0.4, 0.5) is 0 Å². The maximum Gasteiger partial charge on any atom is 0.135 e. The highest BCUT2D eigenvalue weighted by Crippen LogP contribution is 2.22. The van der Waals surface area contributed by atoms with E-state index in [1.165, 1.54) is 26.1 Å².